The quantitative estimate of drug-likeness (QED) is 0.556. The minimum absolute atomic E-state index is 0.580. The molecule has 0 saturated carbocycles. The predicted octanol–water partition coefficient (Wildman–Crippen LogP) is 2.11. The average molecular weight is 154 g/mol. The van der Waals surface area contributed by atoms with Gasteiger partial charge in [0.05, 0.1) is 0 Å². The van der Waals surface area contributed by atoms with Crippen LogP contribution in [0.2, 0.25) is 0 Å². The molecule has 0 aromatic rings. The zero-order valence-electron chi connectivity index (χ0n) is 7.58. The number of piperidine rings is 1. The topological polar surface area (TPSA) is 15.6 Å². The Kier molecular flexibility index (Phi) is 3.40. The van der Waals surface area contributed by atoms with Crippen molar-refractivity contribution in [1.29, 1.82) is 0 Å². The van der Waals surface area contributed by atoms with Crippen LogP contribution in [0.5, 0.6) is 0 Å². The monoisotopic (exact) mass is 154 g/mol. The van der Waals surface area contributed by atoms with E-state index >= 15 is 0 Å². The van der Waals surface area contributed by atoms with Gasteiger partial charge < -0.3 is 0 Å². The molecule has 0 spiro atoms. The number of nitrogens with zero attached hydrogens (tertiary/aromatic N) is 2. The van der Waals surface area contributed by atoms with Crippen molar-refractivity contribution in [3.8, 4) is 0 Å². The SMILES string of the molecule is CC(C)/C=N/N1CCCCC1. The fourth-order valence-corrected chi connectivity index (χ4v) is 1.22. The maximum atomic E-state index is 4.39. The van der Waals surface area contributed by atoms with Gasteiger partial charge in [0, 0.05) is 19.3 Å². The Balaban J connectivity index is 2.23. The summed E-state index contributed by atoms with van der Waals surface area (Å²) in [5.74, 6) is 0.580. The largest absolute Gasteiger partial charge is 0.297 e. The summed E-state index contributed by atoms with van der Waals surface area (Å²) in [5, 5.41) is 6.58. The summed E-state index contributed by atoms with van der Waals surface area (Å²) in [6.07, 6.45) is 6.05. The van der Waals surface area contributed by atoms with Crippen LogP contribution in [0.4, 0.5) is 0 Å². The van der Waals surface area contributed by atoms with E-state index in [1.54, 1.807) is 0 Å². The third-order valence-corrected chi connectivity index (χ3v) is 1.86. The van der Waals surface area contributed by atoms with Crippen molar-refractivity contribution in [2.45, 2.75) is 33.1 Å². The molecular formula is C9H18N2. The van der Waals surface area contributed by atoms with Crippen LogP contribution in [-0.4, -0.2) is 24.3 Å². The highest BCUT2D eigenvalue weighted by molar-refractivity contribution is 5.59. The van der Waals surface area contributed by atoms with Gasteiger partial charge in [0.25, 0.3) is 0 Å². The van der Waals surface area contributed by atoms with Gasteiger partial charge in [0.15, 0.2) is 0 Å². The molecule has 0 bridgehead atoms. The highest BCUT2D eigenvalue weighted by Crippen LogP contribution is 2.08. The molecule has 1 rings (SSSR count). The third kappa shape index (κ3) is 3.40. The van der Waals surface area contributed by atoms with Gasteiger partial charge in [-0.25, -0.2) is 0 Å². The predicted molar refractivity (Wildman–Crippen MR) is 48.8 cm³/mol. The Hall–Kier alpha value is -0.530. The molecule has 11 heavy (non-hydrogen) atoms. The van der Waals surface area contributed by atoms with Gasteiger partial charge >= 0.3 is 0 Å². The summed E-state index contributed by atoms with van der Waals surface area (Å²) < 4.78 is 0. The van der Waals surface area contributed by atoms with Crippen LogP contribution in [0.3, 0.4) is 0 Å². The van der Waals surface area contributed by atoms with Crippen molar-refractivity contribution >= 4 is 6.21 Å². The first kappa shape index (κ1) is 8.57. The van der Waals surface area contributed by atoms with Crippen LogP contribution < -0.4 is 0 Å². The summed E-state index contributed by atoms with van der Waals surface area (Å²) in [5.41, 5.74) is 0. The van der Waals surface area contributed by atoms with E-state index in [-0.39, 0.29) is 0 Å². The van der Waals surface area contributed by atoms with E-state index in [1.807, 2.05) is 6.21 Å². The van der Waals surface area contributed by atoms with Gasteiger partial charge in [-0.3, -0.25) is 5.01 Å². The summed E-state index contributed by atoms with van der Waals surface area (Å²) in [6.45, 7) is 6.63. The summed E-state index contributed by atoms with van der Waals surface area (Å²) in [4.78, 5) is 0. The maximum Gasteiger partial charge on any atom is 0.0360 e. The molecule has 1 fully saturated rings. The molecule has 1 heterocycles. The average Bonchev–Trinajstić information content (AvgIpc) is 2.03. The number of hydrogen-bond acceptors (Lipinski definition) is 2. The maximum absolute atomic E-state index is 4.39. The minimum Gasteiger partial charge on any atom is -0.297 e. The summed E-state index contributed by atoms with van der Waals surface area (Å²) >= 11 is 0. The molecule has 1 saturated heterocycles. The first-order valence-electron chi connectivity index (χ1n) is 4.58. The van der Waals surface area contributed by atoms with Crippen molar-refractivity contribution in [1.82, 2.24) is 5.01 Å². The van der Waals surface area contributed by atoms with Crippen LogP contribution >= 0.6 is 0 Å². The van der Waals surface area contributed by atoms with Crippen molar-refractivity contribution in [2.24, 2.45) is 11.0 Å². The van der Waals surface area contributed by atoms with Crippen molar-refractivity contribution in [3.63, 3.8) is 0 Å². The van der Waals surface area contributed by atoms with E-state index < -0.39 is 0 Å². The lowest BCUT2D eigenvalue weighted by Crippen LogP contribution is -2.24. The van der Waals surface area contributed by atoms with E-state index in [0.29, 0.717) is 5.92 Å². The Bertz CT molecular complexity index is 124. The first-order valence-corrected chi connectivity index (χ1v) is 4.58. The molecule has 0 aliphatic carbocycles. The molecule has 0 N–H and O–H groups in total. The highest BCUT2D eigenvalue weighted by Gasteiger charge is 2.05. The highest BCUT2D eigenvalue weighted by atomic mass is 15.4. The number of rotatable bonds is 2. The molecule has 2 nitrogen and oxygen atoms in total. The lowest BCUT2D eigenvalue weighted by atomic mass is 10.2. The first-order chi connectivity index (χ1) is 5.29. The molecule has 1 aliphatic heterocycles. The van der Waals surface area contributed by atoms with E-state index in [4.69, 9.17) is 0 Å². The van der Waals surface area contributed by atoms with Crippen molar-refractivity contribution in [3.05, 3.63) is 0 Å². The van der Waals surface area contributed by atoms with Crippen molar-refractivity contribution in [2.75, 3.05) is 13.1 Å². The van der Waals surface area contributed by atoms with Crippen LogP contribution in [-0.2, 0) is 0 Å². The van der Waals surface area contributed by atoms with Crippen LogP contribution in [0.1, 0.15) is 33.1 Å². The van der Waals surface area contributed by atoms with Crippen LogP contribution in [0.15, 0.2) is 5.10 Å². The second-order valence-corrected chi connectivity index (χ2v) is 3.52. The molecule has 2 heteroatoms. The fourth-order valence-electron chi connectivity index (χ4n) is 1.22. The van der Waals surface area contributed by atoms with E-state index in [0.717, 1.165) is 13.1 Å². The molecular weight excluding hydrogens is 136 g/mol. The van der Waals surface area contributed by atoms with Gasteiger partial charge in [-0.1, -0.05) is 13.8 Å². The van der Waals surface area contributed by atoms with Gasteiger partial charge in [0.1, 0.15) is 0 Å². The molecule has 0 radical (unpaired) electrons. The Morgan fingerprint density at radius 3 is 2.36 bits per heavy atom. The zero-order valence-corrected chi connectivity index (χ0v) is 7.58. The molecule has 0 aromatic heterocycles. The van der Waals surface area contributed by atoms with E-state index in [1.165, 1.54) is 19.3 Å². The zero-order chi connectivity index (χ0) is 8.10. The van der Waals surface area contributed by atoms with Gasteiger partial charge in [-0.05, 0) is 25.2 Å². The second kappa shape index (κ2) is 4.37. The van der Waals surface area contributed by atoms with Crippen LogP contribution in [0.25, 0.3) is 0 Å². The lowest BCUT2D eigenvalue weighted by Gasteiger charge is -2.23. The number of hydrazone groups is 1. The Labute approximate surface area is 69.3 Å². The van der Waals surface area contributed by atoms with E-state index in [9.17, 15) is 0 Å². The molecule has 0 amide bonds. The molecule has 64 valence electrons. The van der Waals surface area contributed by atoms with Gasteiger partial charge in [-0.15, -0.1) is 0 Å². The van der Waals surface area contributed by atoms with Gasteiger partial charge in [0.2, 0.25) is 0 Å². The fraction of sp³-hybridized carbons (Fsp3) is 0.889. The number of hydrogen-bond donors (Lipinski definition) is 0. The standard InChI is InChI=1S/C9H18N2/c1-9(2)8-10-11-6-4-3-5-7-11/h8-9H,3-7H2,1-2H3/b10-8+. The molecule has 0 unspecified atom stereocenters. The minimum atomic E-state index is 0.580. The van der Waals surface area contributed by atoms with Gasteiger partial charge in [-0.2, -0.15) is 5.10 Å². The van der Waals surface area contributed by atoms with Crippen molar-refractivity contribution < 1.29 is 0 Å². The molecule has 0 atom stereocenters. The molecule has 0 aromatic carbocycles. The van der Waals surface area contributed by atoms with Crippen LogP contribution in [0, 0.1) is 5.92 Å². The molecule has 1 aliphatic rings. The lowest BCUT2D eigenvalue weighted by molar-refractivity contribution is 0.239. The normalized spacial score (nSPS) is 20.1. The third-order valence-electron chi connectivity index (χ3n) is 1.86. The summed E-state index contributed by atoms with van der Waals surface area (Å²) in [7, 11) is 0. The Morgan fingerprint density at radius 1 is 1.18 bits per heavy atom. The van der Waals surface area contributed by atoms with E-state index in [2.05, 4.69) is 24.0 Å². The smallest absolute Gasteiger partial charge is 0.0360 e. The Morgan fingerprint density at radius 2 is 1.82 bits per heavy atom. The second-order valence-electron chi connectivity index (χ2n) is 3.52. The summed E-state index contributed by atoms with van der Waals surface area (Å²) in [6, 6.07) is 0.